The van der Waals surface area contributed by atoms with Crippen LogP contribution in [-0.2, 0) is 17.6 Å². The summed E-state index contributed by atoms with van der Waals surface area (Å²) in [6, 6.07) is 12.8. The largest absolute Gasteiger partial charge is 0.492 e. The fraction of sp³-hybridized carbons (Fsp3) is 0.400. The molecule has 0 saturated heterocycles. The maximum absolute atomic E-state index is 13.7. The second-order valence-electron chi connectivity index (χ2n) is 10.7. The normalized spacial score (nSPS) is 14.9. The molecular formula is C30H35ClN2O4S. The summed E-state index contributed by atoms with van der Waals surface area (Å²) in [7, 11) is 0. The van der Waals surface area contributed by atoms with Gasteiger partial charge in [-0.05, 0) is 79.8 Å². The van der Waals surface area contributed by atoms with E-state index in [-0.39, 0.29) is 23.8 Å². The Hall–Kier alpha value is -3.03. The van der Waals surface area contributed by atoms with Gasteiger partial charge in [0.15, 0.2) is 6.61 Å². The Kier molecular flexibility index (Phi) is 8.68. The molecule has 2 aromatic carbocycles. The summed E-state index contributed by atoms with van der Waals surface area (Å²) in [5.74, 6) is 0.942. The molecule has 0 saturated carbocycles. The topological polar surface area (TPSA) is 76.7 Å². The Labute approximate surface area is 233 Å². The molecule has 1 aromatic heterocycles. The highest BCUT2D eigenvalue weighted by Gasteiger charge is 2.34. The third kappa shape index (κ3) is 6.51. The molecule has 38 heavy (non-hydrogen) atoms. The number of rotatable bonds is 8. The molecule has 0 fully saturated rings. The molecule has 0 bridgehead atoms. The second-order valence-corrected chi connectivity index (χ2v) is 12.2. The number of halogens is 1. The lowest BCUT2D eigenvalue weighted by Gasteiger charge is -2.33. The van der Waals surface area contributed by atoms with Crippen LogP contribution in [0.1, 0.15) is 60.5 Å². The van der Waals surface area contributed by atoms with Gasteiger partial charge in [-0.1, -0.05) is 50.6 Å². The molecular weight excluding hydrogens is 520 g/mol. The Morgan fingerprint density at radius 2 is 1.84 bits per heavy atom. The van der Waals surface area contributed by atoms with E-state index in [2.05, 4.69) is 31.4 Å². The summed E-state index contributed by atoms with van der Waals surface area (Å²) in [6.07, 6.45) is 2.66. The van der Waals surface area contributed by atoms with Gasteiger partial charge in [-0.15, -0.1) is 11.3 Å². The van der Waals surface area contributed by atoms with Crippen LogP contribution in [0.5, 0.6) is 11.5 Å². The number of hydrogen-bond acceptors (Lipinski definition) is 5. The van der Waals surface area contributed by atoms with Gasteiger partial charge >= 0.3 is 0 Å². The minimum atomic E-state index is -0.350. The first-order valence-corrected chi connectivity index (χ1v) is 14.1. The van der Waals surface area contributed by atoms with Crippen LogP contribution in [0, 0.1) is 18.3 Å². The zero-order valence-electron chi connectivity index (χ0n) is 22.6. The van der Waals surface area contributed by atoms with E-state index in [1.165, 1.54) is 11.3 Å². The zero-order valence-corrected chi connectivity index (χ0v) is 24.1. The van der Waals surface area contributed by atoms with Gasteiger partial charge in [0.25, 0.3) is 11.8 Å². The van der Waals surface area contributed by atoms with Crippen molar-refractivity contribution in [3.05, 3.63) is 69.1 Å². The van der Waals surface area contributed by atoms with Crippen LogP contribution in [0.2, 0.25) is 5.02 Å². The molecule has 1 aliphatic rings. The standard InChI is InChI=1S/C30H35ClN2O4S/c1-6-36-23-10-8-7-9-22(23)32-28(35)27-20-13-12-19(30(3,4)5)16-25(20)38-29(27)33-26(34)17-37-24-15-18(2)11-14-21(24)31/h7-11,14-15,19H,6,12-13,16-17H2,1-5H3,(H,32,35)(H,33,34). The van der Waals surface area contributed by atoms with Crippen molar-refractivity contribution in [1.82, 2.24) is 0 Å². The number of para-hydroxylation sites is 2. The van der Waals surface area contributed by atoms with Crippen LogP contribution < -0.4 is 20.1 Å². The van der Waals surface area contributed by atoms with Crippen LogP contribution in [0.3, 0.4) is 0 Å². The van der Waals surface area contributed by atoms with Crippen LogP contribution >= 0.6 is 22.9 Å². The van der Waals surface area contributed by atoms with Crippen molar-refractivity contribution in [3.8, 4) is 11.5 Å². The smallest absolute Gasteiger partial charge is 0.262 e. The van der Waals surface area contributed by atoms with Crippen molar-refractivity contribution in [2.24, 2.45) is 11.3 Å². The number of amides is 2. The molecule has 1 unspecified atom stereocenters. The van der Waals surface area contributed by atoms with Crippen molar-refractivity contribution in [2.75, 3.05) is 23.8 Å². The SMILES string of the molecule is CCOc1ccccc1NC(=O)c1c(NC(=O)COc2cc(C)ccc2Cl)sc2c1CCC(C(C)(C)C)C2. The second kappa shape index (κ2) is 11.8. The minimum Gasteiger partial charge on any atom is -0.492 e. The number of fused-ring (bicyclic) bond motifs is 1. The summed E-state index contributed by atoms with van der Waals surface area (Å²) in [4.78, 5) is 27.8. The van der Waals surface area contributed by atoms with Crippen LogP contribution in [0.25, 0.3) is 0 Å². The van der Waals surface area contributed by atoms with Gasteiger partial charge in [0, 0.05) is 4.88 Å². The van der Waals surface area contributed by atoms with Gasteiger partial charge in [-0.2, -0.15) is 0 Å². The average molecular weight is 555 g/mol. The predicted molar refractivity (Wildman–Crippen MR) is 155 cm³/mol. The number of nitrogens with one attached hydrogen (secondary N) is 2. The highest BCUT2D eigenvalue weighted by molar-refractivity contribution is 7.17. The molecule has 202 valence electrons. The first-order chi connectivity index (χ1) is 18.1. The number of benzene rings is 2. The van der Waals surface area contributed by atoms with E-state index in [0.717, 1.165) is 35.3 Å². The molecule has 0 aliphatic heterocycles. The highest BCUT2D eigenvalue weighted by atomic mass is 35.5. The molecule has 2 amide bonds. The Bertz CT molecular complexity index is 1330. The third-order valence-electron chi connectivity index (χ3n) is 6.85. The average Bonchev–Trinajstić information content (AvgIpc) is 3.22. The zero-order chi connectivity index (χ0) is 27.4. The summed E-state index contributed by atoms with van der Waals surface area (Å²) in [5.41, 5.74) is 3.27. The quantitative estimate of drug-likeness (QED) is 0.302. The lowest BCUT2D eigenvalue weighted by atomic mass is 9.72. The van der Waals surface area contributed by atoms with E-state index in [1.54, 1.807) is 12.1 Å². The van der Waals surface area contributed by atoms with Gasteiger partial charge in [0.05, 0.1) is 22.9 Å². The lowest BCUT2D eigenvalue weighted by Crippen LogP contribution is -2.27. The van der Waals surface area contributed by atoms with Crippen molar-refractivity contribution in [1.29, 1.82) is 0 Å². The Morgan fingerprint density at radius 3 is 2.58 bits per heavy atom. The molecule has 3 aromatic rings. The molecule has 2 N–H and O–H groups in total. The fourth-order valence-corrected chi connectivity index (χ4v) is 6.23. The molecule has 0 spiro atoms. The molecule has 8 heteroatoms. The number of ether oxygens (including phenoxy) is 2. The van der Waals surface area contributed by atoms with E-state index < -0.39 is 0 Å². The number of anilines is 2. The number of thiophene rings is 1. The summed E-state index contributed by atoms with van der Waals surface area (Å²) in [6.45, 7) is 10.9. The van der Waals surface area contributed by atoms with Gasteiger partial charge in [0.1, 0.15) is 16.5 Å². The third-order valence-corrected chi connectivity index (χ3v) is 8.33. The van der Waals surface area contributed by atoms with E-state index in [9.17, 15) is 9.59 Å². The van der Waals surface area contributed by atoms with Crippen molar-refractivity contribution >= 4 is 45.4 Å². The molecule has 1 aliphatic carbocycles. The van der Waals surface area contributed by atoms with Crippen molar-refractivity contribution in [3.63, 3.8) is 0 Å². The van der Waals surface area contributed by atoms with Crippen LogP contribution in [-0.4, -0.2) is 25.0 Å². The number of carbonyl (C=O) groups excluding carboxylic acids is 2. The molecule has 6 nitrogen and oxygen atoms in total. The van der Waals surface area contributed by atoms with E-state index >= 15 is 0 Å². The van der Waals surface area contributed by atoms with Gasteiger partial charge < -0.3 is 20.1 Å². The first kappa shape index (κ1) is 28.0. The van der Waals surface area contributed by atoms with Gasteiger partial charge in [-0.25, -0.2) is 0 Å². The lowest BCUT2D eigenvalue weighted by molar-refractivity contribution is -0.118. The van der Waals surface area contributed by atoms with E-state index in [0.29, 0.717) is 45.3 Å². The van der Waals surface area contributed by atoms with E-state index in [4.69, 9.17) is 21.1 Å². The Balaban J connectivity index is 1.60. The molecule has 4 rings (SSSR count). The maximum Gasteiger partial charge on any atom is 0.262 e. The monoisotopic (exact) mass is 554 g/mol. The van der Waals surface area contributed by atoms with Gasteiger partial charge in [-0.3, -0.25) is 9.59 Å². The van der Waals surface area contributed by atoms with Crippen molar-refractivity contribution in [2.45, 2.75) is 53.9 Å². The fourth-order valence-electron chi connectivity index (χ4n) is 4.72. The number of hydrogen-bond donors (Lipinski definition) is 2. The Morgan fingerprint density at radius 1 is 1.08 bits per heavy atom. The first-order valence-electron chi connectivity index (χ1n) is 12.9. The number of carbonyl (C=O) groups is 2. The van der Waals surface area contributed by atoms with Crippen LogP contribution in [0.4, 0.5) is 10.7 Å². The molecule has 1 atom stereocenters. The molecule has 1 heterocycles. The maximum atomic E-state index is 13.7. The molecule has 0 radical (unpaired) electrons. The van der Waals surface area contributed by atoms with Gasteiger partial charge in [0.2, 0.25) is 0 Å². The van der Waals surface area contributed by atoms with E-state index in [1.807, 2.05) is 44.2 Å². The highest BCUT2D eigenvalue weighted by Crippen LogP contribution is 2.44. The summed E-state index contributed by atoms with van der Waals surface area (Å²) < 4.78 is 11.4. The van der Waals surface area contributed by atoms with Crippen LogP contribution in [0.15, 0.2) is 42.5 Å². The predicted octanol–water partition coefficient (Wildman–Crippen LogP) is 7.53. The summed E-state index contributed by atoms with van der Waals surface area (Å²) >= 11 is 7.71. The number of aryl methyl sites for hydroxylation is 1. The minimum absolute atomic E-state index is 0.158. The summed E-state index contributed by atoms with van der Waals surface area (Å²) in [5, 5.41) is 6.95. The van der Waals surface area contributed by atoms with Crippen molar-refractivity contribution < 1.29 is 19.1 Å².